The number of aliphatic hydroxyl groups is 4. The summed E-state index contributed by atoms with van der Waals surface area (Å²) in [4.78, 5) is 11.1. The number of carboxylic acid groups (broad SMARTS) is 1. The Morgan fingerprint density at radius 2 is 2.00 bits per heavy atom. The molecule has 1 saturated heterocycles. The predicted octanol–water partition coefficient (Wildman–Crippen LogP) is -1.50. The first-order valence-electron chi connectivity index (χ1n) is 8.55. The molecule has 0 aliphatic carbocycles. The van der Waals surface area contributed by atoms with Gasteiger partial charge in [0.1, 0.15) is 18.3 Å². The molecule has 0 bridgehead atoms. The summed E-state index contributed by atoms with van der Waals surface area (Å²) in [5, 5.41) is 47.5. The second kappa shape index (κ2) is 7.77. The van der Waals surface area contributed by atoms with Crippen LogP contribution in [0.15, 0.2) is 18.2 Å². The summed E-state index contributed by atoms with van der Waals surface area (Å²) in [6, 6.07) is 4.08. The lowest BCUT2D eigenvalue weighted by atomic mass is 9.99. The van der Waals surface area contributed by atoms with Crippen molar-refractivity contribution in [2.75, 3.05) is 13.6 Å². The number of rotatable bonds is 6. The van der Waals surface area contributed by atoms with Crippen LogP contribution in [0.2, 0.25) is 0 Å². The van der Waals surface area contributed by atoms with Crippen LogP contribution in [0.3, 0.4) is 0 Å². The van der Waals surface area contributed by atoms with Gasteiger partial charge in [-0.15, -0.1) is 0 Å². The first-order valence-corrected chi connectivity index (χ1v) is 7.05. The third-order valence-electron chi connectivity index (χ3n) is 3.57. The van der Waals surface area contributed by atoms with Crippen molar-refractivity contribution in [3.8, 4) is 11.5 Å². The summed E-state index contributed by atoms with van der Waals surface area (Å²) in [6.45, 7) is -0.192. The molecule has 9 heteroatoms. The molecule has 0 aromatic heterocycles. The molecule has 0 saturated carbocycles. The van der Waals surface area contributed by atoms with E-state index in [1.807, 2.05) is 0 Å². The molecule has 0 spiro atoms. The Labute approximate surface area is 141 Å². The van der Waals surface area contributed by atoms with Crippen LogP contribution < -0.4 is 9.47 Å². The lowest BCUT2D eigenvalue weighted by Gasteiger charge is -2.38. The lowest BCUT2D eigenvalue weighted by molar-refractivity contribution is -0.271. The Bertz CT molecular complexity index is 666. The van der Waals surface area contributed by atoms with Crippen molar-refractivity contribution in [1.29, 1.82) is 0 Å². The van der Waals surface area contributed by atoms with E-state index >= 15 is 0 Å². The lowest BCUT2D eigenvalue weighted by Crippen LogP contribution is -2.61. The minimum absolute atomic E-state index is 0.192. The van der Waals surface area contributed by atoms with Crippen LogP contribution in [0, 0.1) is 0 Å². The van der Waals surface area contributed by atoms with Gasteiger partial charge in [-0.25, -0.2) is 4.79 Å². The second-order valence-corrected chi connectivity index (χ2v) is 5.21. The van der Waals surface area contributed by atoms with Crippen molar-refractivity contribution in [2.45, 2.75) is 37.1 Å². The van der Waals surface area contributed by atoms with Crippen LogP contribution in [-0.2, 0) is 16.0 Å². The minimum Gasteiger partial charge on any atom is -0.493 e. The SMILES string of the molecule is [2H]C([2H])([2H])Oc1cc(CCO)ccc1O[C@@H]1O[C@H](C(=O)O)[C@@H](O)[C@H](O)[C@H]1O. The van der Waals surface area contributed by atoms with Gasteiger partial charge in [0.15, 0.2) is 17.6 Å². The molecule has 24 heavy (non-hydrogen) atoms. The van der Waals surface area contributed by atoms with E-state index in [-0.39, 0.29) is 24.5 Å². The molecular weight excluding hydrogens is 324 g/mol. The smallest absolute Gasteiger partial charge is 0.335 e. The van der Waals surface area contributed by atoms with Crippen molar-refractivity contribution >= 4 is 5.97 Å². The maximum atomic E-state index is 11.1. The molecule has 1 aromatic carbocycles. The van der Waals surface area contributed by atoms with Gasteiger partial charge >= 0.3 is 5.97 Å². The molecule has 0 unspecified atom stereocenters. The van der Waals surface area contributed by atoms with Crippen molar-refractivity contribution in [3.05, 3.63) is 23.8 Å². The molecule has 0 radical (unpaired) electrons. The molecule has 1 aliphatic heterocycles. The number of aliphatic carboxylic acids is 1. The maximum Gasteiger partial charge on any atom is 0.335 e. The molecule has 5 N–H and O–H groups in total. The highest BCUT2D eigenvalue weighted by atomic mass is 16.7. The number of hydrogen-bond acceptors (Lipinski definition) is 8. The van der Waals surface area contributed by atoms with Gasteiger partial charge in [0, 0.05) is 6.61 Å². The Balaban J connectivity index is 2.30. The summed E-state index contributed by atoms with van der Waals surface area (Å²) in [6.07, 6.45) is -8.94. The van der Waals surface area contributed by atoms with Crippen LogP contribution in [0.4, 0.5) is 0 Å². The fourth-order valence-corrected chi connectivity index (χ4v) is 2.29. The van der Waals surface area contributed by atoms with E-state index in [1.54, 1.807) is 0 Å². The monoisotopic (exact) mass is 347 g/mol. The van der Waals surface area contributed by atoms with Gasteiger partial charge in [-0.3, -0.25) is 0 Å². The van der Waals surface area contributed by atoms with Crippen LogP contribution in [-0.4, -0.2) is 75.9 Å². The number of ether oxygens (including phenoxy) is 3. The zero-order valence-electron chi connectivity index (χ0n) is 15.4. The number of benzene rings is 1. The van der Waals surface area contributed by atoms with Gasteiger partial charge in [-0.2, -0.15) is 0 Å². The van der Waals surface area contributed by atoms with E-state index in [0.29, 0.717) is 5.56 Å². The zero-order chi connectivity index (χ0) is 20.4. The van der Waals surface area contributed by atoms with E-state index in [2.05, 4.69) is 0 Å². The first kappa shape index (κ1) is 14.4. The number of hydrogen-bond donors (Lipinski definition) is 5. The van der Waals surface area contributed by atoms with E-state index in [4.69, 9.17) is 28.5 Å². The standard InChI is InChI=1S/C15H20O9/c1-22-9-6-7(4-5-16)2-3-8(9)23-15-12(19)10(17)11(18)13(24-15)14(20)21/h2-3,6,10-13,15-19H,4-5H2,1H3,(H,20,21)/t10-,11-,12+,13-,15+/m0/s1/i1D3. The second-order valence-electron chi connectivity index (χ2n) is 5.21. The Kier molecular flexibility index (Phi) is 4.68. The summed E-state index contributed by atoms with van der Waals surface area (Å²) >= 11 is 0. The van der Waals surface area contributed by atoms with Crippen molar-refractivity contribution in [3.63, 3.8) is 0 Å². The average Bonchev–Trinajstić information content (AvgIpc) is 2.56. The Hall–Kier alpha value is -1.91. The van der Waals surface area contributed by atoms with Crippen molar-refractivity contribution in [2.24, 2.45) is 0 Å². The van der Waals surface area contributed by atoms with Gasteiger partial charge in [0.2, 0.25) is 6.29 Å². The largest absolute Gasteiger partial charge is 0.493 e. The van der Waals surface area contributed by atoms with Crippen LogP contribution in [0.5, 0.6) is 11.5 Å². The first-order chi connectivity index (χ1) is 12.5. The van der Waals surface area contributed by atoms with E-state index < -0.39 is 43.7 Å². The molecule has 5 atom stereocenters. The topological polar surface area (TPSA) is 146 Å². The quantitative estimate of drug-likeness (QED) is 0.415. The average molecular weight is 347 g/mol. The molecule has 0 amide bonds. The van der Waals surface area contributed by atoms with E-state index in [9.17, 15) is 20.1 Å². The summed E-state index contributed by atoms with van der Waals surface area (Å²) in [7, 11) is -2.83. The minimum atomic E-state index is -2.83. The molecule has 1 aliphatic rings. The Morgan fingerprint density at radius 1 is 1.25 bits per heavy atom. The molecule has 134 valence electrons. The maximum absolute atomic E-state index is 11.1. The van der Waals surface area contributed by atoms with Gasteiger partial charge in [-0.05, 0) is 24.1 Å². The van der Waals surface area contributed by atoms with E-state index in [1.165, 1.54) is 18.2 Å². The summed E-state index contributed by atoms with van der Waals surface area (Å²) < 4.78 is 36.8. The van der Waals surface area contributed by atoms with E-state index in [0.717, 1.165) is 0 Å². The van der Waals surface area contributed by atoms with Crippen LogP contribution >= 0.6 is 0 Å². The molecule has 1 fully saturated rings. The number of methoxy groups -OCH3 is 1. The highest BCUT2D eigenvalue weighted by Crippen LogP contribution is 2.32. The zero-order valence-corrected chi connectivity index (χ0v) is 12.4. The van der Waals surface area contributed by atoms with Gasteiger partial charge in [0.25, 0.3) is 0 Å². The molecule has 2 rings (SSSR count). The van der Waals surface area contributed by atoms with Crippen molar-refractivity contribution < 1.29 is 48.7 Å². The van der Waals surface area contributed by atoms with Crippen LogP contribution in [0.25, 0.3) is 0 Å². The highest BCUT2D eigenvalue weighted by Gasteiger charge is 2.48. The molecule has 1 aromatic rings. The highest BCUT2D eigenvalue weighted by molar-refractivity contribution is 5.73. The van der Waals surface area contributed by atoms with Gasteiger partial charge < -0.3 is 39.7 Å². The summed E-state index contributed by atoms with van der Waals surface area (Å²) in [5.74, 6) is -2.05. The van der Waals surface area contributed by atoms with Crippen LogP contribution in [0.1, 0.15) is 9.68 Å². The third kappa shape index (κ3) is 3.77. The third-order valence-corrected chi connectivity index (χ3v) is 3.57. The molecule has 1 heterocycles. The van der Waals surface area contributed by atoms with Gasteiger partial charge in [0.05, 0.1) is 11.2 Å². The predicted molar refractivity (Wildman–Crippen MR) is 78.7 cm³/mol. The van der Waals surface area contributed by atoms with Crippen molar-refractivity contribution in [1.82, 2.24) is 0 Å². The summed E-state index contributed by atoms with van der Waals surface area (Å²) in [5.41, 5.74) is 0.535. The fourth-order valence-electron chi connectivity index (χ4n) is 2.29. The molecule has 9 nitrogen and oxygen atoms in total. The fraction of sp³-hybridized carbons (Fsp3) is 0.533. The number of carboxylic acids is 1. The number of carbonyl (C=O) groups is 1. The normalized spacial score (nSPS) is 32.3. The Morgan fingerprint density at radius 3 is 2.62 bits per heavy atom. The van der Waals surface area contributed by atoms with Gasteiger partial charge in [-0.1, -0.05) is 6.07 Å². The number of aliphatic hydroxyl groups excluding tert-OH is 4. The molecular formula is C15H20O9.